The summed E-state index contributed by atoms with van der Waals surface area (Å²) in [5.74, 6) is 1.37. The number of aromatic hydroxyl groups is 1. The van der Waals surface area contributed by atoms with Gasteiger partial charge in [-0.05, 0) is 29.5 Å². The molecule has 0 radical (unpaired) electrons. The molecule has 2 aromatic rings. The van der Waals surface area contributed by atoms with Crippen molar-refractivity contribution in [2.24, 2.45) is 0 Å². The summed E-state index contributed by atoms with van der Waals surface area (Å²) in [6, 6.07) is 15.8. The van der Waals surface area contributed by atoms with Gasteiger partial charge in [0.1, 0.15) is 11.5 Å². The molecule has 18 heavy (non-hydrogen) atoms. The van der Waals surface area contributed by atoms with E-state index in [2.05, 4.69) is 19.1 Å². The van der Waals surface area contributed by atoms with Crippen LogP contribution in [0.5, 0.6) is 11.5 Å². The molecule has 0 bridgehead atoms. The predicted octanol–water partition coefficient (Wildman–Crippen LogP) is 3.75. The molecule has 0 aliphatic heterocycles. The maximum Gasteiger partial charge on any atom is 0.122 e. The van der Waals surface area contributed by atoms with Crippen molar-refractivity contribution in [3.63, 3.8) is 0 Å². The zero-order valence-corrected chi connectivity index (χ0v) is 10.8. The van der Waals surface area contributed by atoms with E-state index in [9.17, 15) is 5.11 Å². The lowest BCUT2D eigenvalue weighted by molar-refractivity contribution is 0.406. The van der Waals surface area contributed by atoms with E-state index in [-0.39, 0.29) is 0 Å². The van der Waals surface area contributed by atoms with E-state index < -0.39 is 0 Å². The van der Waals surface area contributed by atoms with Crippen LogP contribution in [0, 0.1) is 0 Å². The first-order chi connectivity index (χ1) is 8.70. The van der Waals surface area contributed by atoms with Crippen LogP contribution >= 0.6 is 0 Å². The third-order valence-electron chi connectivity index (χ3n) is 3.19. The van der Waals surface area contributed by atoms with Gasteiger partial charge in [0.2, 0.25) is 0 Å². The summed E-state index contributed by atoms with van der Waals surface area (Å²) < 4.78 is 5.08. The smallest absolute Gasteiger partial charge is 0.122 e. The number of rotatable bonds is 4. The fourth-order valence-electron chi connectivity index (χ4n) is 2.07. The van der Waals surface area contributed by atoms with Gasteiger partial charge < -0.3 is 9.84 Å². The zero-order chi connectivity index (χ0) is 13.0. The largest absolute Gasteiger partial charge is 0.508 e. The zero-order valence-electron chi connectivity index (χ0n) is 10.8. The molecule has 2 nitrogen and oxygen atoms in total. The van der Waals surface area contributed by atoms with Gasteiger partial charge in [0, 0.05) is 6.07 Å². The molecular formula is C16H18O2. The van der Waals surface area contributed by atoms with Crippen molar-refractivity contribution in [1.29, 1.82) is 0 Å². The van der Waals surface area contributed by atoms with E-state index in [1.165, 1.54) is 5.56 Å². The van der Waals surface area contributed by atoms with Gasteiger partial charge >= 0.3 is 0 Å². The number of methoxy groups -OCH3 is 1. The van der Waals surface area contributed by atoms with Crippen LogP contribution in [-0.2, 0) is 6.42 Å². The van der Waals surface area contributed by atoms with E-state index in [1.807, 2.05) is 30.3 Å². The summed E-state index contributed by atoms with van der Waals surface area (Å²) in [4.78, 5) is 0. The van der Waals surface area contributed by atoms with Gasteiger partial charge in [-0.3, -0.25) is 0 Å². The summed E-state index contributed by atoms with van der Waals surface area (Å²) in [5, 5.41) is 9.94. The van der Waals surface area contributed by atoms with Crippen molar-refractivity contribution in [2.75, 3.05) is 7.11 Å². The Hall–Kier alpha value is -1.96. The Balaban J connectivity index is 2.14. The summed E-state index contributed by atoms with van der Waals surface area (Å²) in [6.07, 6.45) is 0.819. The van der Waals surface area contributed by atoms with Crippen LogP contribution in [-0.4, -0.2) is 12.2 Å². The molecule has 0 unspecified atom stereocenters. The Kier molecular flexibility index (Phi) is 3.88. The number of hydrogen-bond donors (Lipinski definition) is 1. The van der Waals surface area contributed by atoms with Gasteiger partial charge in [0.15, 0.2) is 0 Å². The monoisotopic (exact) mass is 242 g/mol. The van der Waals surface area contributed by atoms with Crippen molar-refractivity contribution in [3.05, 3.63) is 59.7 Å². The molecule has 1 N–H and O–H groups in total. The molecular weight excluding hydrogens is 224 g/mol. The lowest BCUT2D eigenvalue weighted by Gasteiger charge is -2.13. The van der Waals surface area contributed by atoms with E-state index in [0.29, 0.717) is 17.4 Å². The Morgan fingerprint density at radius 1 is 1.11 bits per heavy atom. The highest BCUT2D eigenvalue weighted by Crippen LogP contribution is 2.28. The van der Waals surface area contributed by atoms with E-state index in [4.69, 9.17) is 4.74 Å². The fourth-order valence-corrected chi connectivity index (χ4v) is 2.07. The molecule has 0 spiro atoms. The van der Waals surface area contributed by atoms with Gasteiger partial charge in [-0.15, -0.1) is 0 Å². The molecule has 0 heterocycles. The summed E-state index contributed by atoms with van der Waals surface area (Å²) in [7, 11) is 1.60. The first kappa shape index (κ1) is 12.5. The predicted molar refractivity (Wildman–Crippen MR) is 73.2 cm³/mol. The number of phenols is 1. The lowest BCUT2D eigenvalue weighted by atomic mass is 9.93. The van der Waals surface area contributed by atoms with Crippen LogP contribution in [0.25, 0.3) is 0 Å². The van der Waals surface area contributed by atoms with Gasteiger partial charge in [0.05, 0.1) is 7.11 Å². The third-order valence-corrected chi connectivity index (χ3v) is 3.19. The van der Waals surface area contributed by atoms with Gasteiger partial charge in [-0.2, -0.15) is 0 Å². The summed E-state index contributed by atoms with van der Waals surface area (Å²) >= 11 is 0. The molecule has 0 saturated carbocycles. The molecule has 1 atom stereocenters. The van der Waals surface area contributed by atoms with Crippen LogP contribution in [0.3, 0.4) is 0 Å². The first-order valence-corrected chi connectivity index (χ1v) is 6.11. The van der Waals surface area contributed by atoms with Crippen LogP contribution in [0.2, 0.25) is 0 Å². The summed E-state index contributed by atoms with van der Waals surface area (Å²) in [5.41, 5.74) is 2.24. The standard InChI is InChI=1S/C16H18O2/c1-12(13-6-4-3-5-7-13)10-14-8-9-15(18-2)11-16(14)17/h3-9,11-12,17H,10H2,1-2H3/t12-/m1/s1. The molecule has 2 rings (SSSR count). The molecule has 0 aliphatic carbocycles. The topological polar surface area (TPSA) is 29.5 Å². The number of ether oxygens (including phenoxy) is 1. The van der Waals surface area contributed by atoms with Crippen LogP contribution < -0.4 is 4.74 Å². The average Bonchev–Trinajstić information content (AvgIpc) is 2.42. The van der Waals surface area contributed by atoms with Crippen molar-refractivity contribution < 1.29 is 9.84 Å². The minimum absolute atomic E-state index is 0.303. The lowest BCUT2D eigenvalue weighted by Crippen LogP contribution is -1.98. The Labute approximate surface area is 108 Å². The molecule has 0 aliphatic rings. The van der Waals surface area contributed by atoms with Gasteiger partial charge in [-0.1, -0.05) is 43.3 Å². The average molecular weight is 242 g/mol. The highest BCUT2D eigenvalue weighted by atomic mass is 16.5. The number of phenolic OH excluding ortho intramolecular Hbond substituents is 1. The quantitative estimate of drug-likeness (QED) is 0.884. The minimum atomic E-state index is 0.303. The second-order valence-electron chi connectivity index (χ2n) is 4.51. The van der Waals surface area contributed by atoms with Crippen molar-refractivity contribution in [3.8, 4) is 11.5 Å². The van der Waals surface area contributed by atoms with Crippen LogP contribution in [0.15, 0.2) is 48.5 Å². The molecule has 94 valence electrons. The molecule has 2 heteroatoms. The SMILES string of the molecule is COc1ccc(C[C@@H](C)c2ccccc2)c(O)c1. The highest BCUT2D eigenvalue weighted by molar-refractivity contribution is 5.40. The third kappa shape index (κ3) is 2.83. The second-order valence-corrected chi connectivity index (χ2v) is 4.51. The molecule has 0 fully saturated rings. The van der Waals surface area contributed by atoms with Gasteiger partial charge in [0.25, 0.3) is 0 Å². The summed E-state index contributed by atoms with van der Waals surface area (Å²) in [6.45, 7) is 2.17. The van der Waals surface area contributed by atoms with E-state index in [0.717, 1.165) is 12.0 Å². The second kappa shape index (κ2) is 5.58. The number of benzene rings is 2. The van der Waals surface area contributed by atoms with E-state index >= 15 is 0 Å². The minimum Gasteiger partial charge on any atom is -0.508 e. The van der Waals surface area contributed by atoms with Crippen molar-refractivity contribution >= 4 is 0 Å². The highest BCUT2D eigenvalue weighted by Gasteiger charge is 2.10. The first-order valence-electron chi connectivity index (χ1n) is 6.11. The van der Waals surface area contributed by atoms with Crippen molar-refractivity contribution in [2.45, 2.75) is 19.3 Å². The molecule has 0 aromatic heterocycles. The van der Waals surface area contributed by atoms with Gasteiger partial charge in [-0.25, -0.2) is 0 Å². The maximum atomic E-state index is 9.94. The Morgan fingerprint density at radius 3 is 2.44 bits per heavy atom. The maximum absolute atomic E-state index is 9.94. The fraction of sp³-hybridized carbons (Fsp3) is 0.250. The van der Waals surface area contributed by atoms with Crippen LogP contribution in [0.1, 0.15) is 24.0 Å². The number of hydrogen-bond acceptors (Lipinski definition) is 2. The van der Waals surface area contributed by atoms with Crippen molar-refractivity contribution in [1.82, 2.24) is 0 Å². The molecule has 0 saturated heterocycles. The Morgan fingerprint density at radius 2 is 1.83 bits per heavy atom. The van der Waals surface area contributed by atoms with E-state index in [1.54, 1.807) is 13.2 Å². The molecule has 2 aromatic carbocycles. The normalized spacial score (nSPS) is 12.1. The Bertz CT molecular complexity index is 506. The van der Waals surface area contributed by atoms with Crippen LogP contribution in [0.4, 0.5) is 0 Å². The molecule has 0 amide bonds.